The van der Waals surface area contributed by atoms with Gasteiger partial charge in [0.25, 0.3) is 0 Å². The molecule has 0 saturated carbocycles. The molecule has 0 bridgehead atoms. The molecule has 0 atom stereocenters. The fourth-order valence-electron chi connectivity index (χ4n) is 0.800. The average Bonchev–Trinajstić information content (AvgIpc) is 2.03. The van der Waals surface area contributed by atoms with Gasteiger partial charge in [0.1, 0.15) is 0 Å². The lowest BCUT2D eigenvalue weighted by Crippen LogP contribution is -2.15. The van der Waals surface area contributed by atoms with Crippen LogP contribution in [0.25, 0.3) is 0 Å². The van der Waals surface area contributed by atoms with Gasteiger partial charge in [-0.2, -0.15) is 0 Å². The van der Waals surface area contributed by atoms with Crippen molar-refractivity contribution in [3.05, 3.63) is 12.2 Å². The fourth-order valence-corrected chi connectivity index (χ4v) is 0.800. The Morgan fingerprint density at radius 1 is 1.36 bits per heavy atom. The van der Waals surface area contributed by atoms with E-state index in [1.54, 1.807) is 7.11 Å². The summed E-state index contributed by atoms with van der Waals surface area (Å²) in [5.41, 5.74) is 0. The number of allylic oxidation sites excluding steroid dienone is 1. The number of hydrogen-bond acceptors (Lipinski definition) is 2. The minimum absolute atomic E-state index is 0.880. The predicted molar refractivity (Wildman–Crippen MR) is 48.8 cm³/mol. The molecule has 0 fully saturated rings. The first-order valence-electron chi connectivity index (χ1n) is 4.22. The highest BCUT2D eigenvalue weighted by atomic mass is 16.5. The lowest BCUT2D eigenvalue weighted by molar-refractivity contribution is 0.193. The van der Waals surface area contributed by atoms with E-state index in [1.165, 1.54) is 6.42 Å². The summed E-state index contributed by atoms with van der Waals surface area (Å²) in [6.07, 6.45) is 6.53. The second-order valence-corrected chi connectivity index (χ2v) is 2.47. The summed E-state index contributed by atoms with van der Waals surface area (Å²) in [5.74, 6) is 0. The molecule has 2 nitrogen and oxygen atoms in total. The van der Waals surface area contributed by atoms with Crippen molar-refractivity contribution in [1.82, 2.24) is 5.32 Å². The van der Waals surface area contributed by atoms with Gasteiger partial charge < -0.3 is 10.1 Å². The van der Waals surface area contributed by atoms with Crippen LogP contribution in [0.15, 0.2) is 12.2 Å². The zero-order valence-corrected chi connectivity index (χ0v) is 7.60. The van der Waals surface area contributed by atoms with Gasteiger partial charge in [-0.3, -0.25) is 0 Å². The topological polar surface area (TPSA) is 21.3 Å². The van der Waals surface area contributed by atoms with Gasteiger partial charge in [-0.1, -0.05) is 12.2 Å². The largest absolute Gasteiger partial charge is 0.385 e. The van der Waals surface area contributed by atoms with Crippen LogP contribution in [0.4, 0.5) is 0 Å². The molecule has 11 heavy (non-hydrogen) atoms. The number of ether oxygens (including phenoxy) is 1. The first-order valence-corrected chi connectivity index (χ1v) is 4.22. The number of unbranched alkanes of at least 4 members (excludes halogenated alkanes) is 1. The number of rotatable bonds is 7. The van der Waals surface area contributed by atoms with Crippen LogP contribution in [0.3, 0.4) is 0 Å². The first kappa shape index (κ1) is 10.7. The summed E-state index contributed by atoms with van der Waals surface area (Å²) < 4.78 is 4.93. The highest BCUT2D eigenvalue weighted by Crippen LogP contribution is 1.86. The molecule has 0 aliphatic rings. The van der Waals surface area contributed by atoms with E-state index in [0.717, 1.165) is 26.1 Å². The lowest BCUT2D eigenvalue weighted by Gasteiger charge is -2.00. The standard InChI is InChI=1S/C9H19NO/c1-3-4-7-10-8-5-6-9-11-2/h3-4,10H,5-9H2,1-2H3/b4-3+. The SMILES string of the molecule is C/C=C/CNCCCCOC. The third-order valence-corrected chi connectivity index (χ3v) is 1.45. The molecule has 0 aliphatic carbocycles. The van der Waals surface area contributed by atoms with E-state index in [9.17, 15) is 0 Å². The molecule has 0 aromatic heterocycles. The Morgan fingerprint density at radius 2 is 2.18 bits per heavy atom. The van der Waals surface area contributed by atoms with Gasteiger partial charge in [0, 0.05) is 20.3 Å². The first-order chi connectivity index (χ1) is 5.41. The molecule has 1 N–H and O–H groups in total. The Labute approximate surface area is 69.6 Å². The van der Waals surface area contributed by atoms with Gasteiger partial charge in [-0.25, -0.2) is 0 Å². The Hall–Kier alpha value is -0.340. The zero-order chi connectivity index (χ0) is 8.36. The van der Waals surface area contributed by atoms with Crippen LogP contribution in [-0.2, 0) is 4.74 Å². The maximum Gasteiger partial charge on any atom is 0.0462 e. The molecule has 0 heterocycles. The summed E-state index contributed by atoms with van der Waals surface area (Å²) in [5, 5.41) is 3.30. The quantitative estimate of drug-likeness (QED) is 0.447. The third kappa shape index (κ3) is 9.66. The molecule has 2 heteroatoms. The summed E-state index contributed by atoms with van der Waals surface area (Å²) in [4.78, 5) is 0. The van der Waals surface area contributed by atoms with Gasteiger partial charge in [0.05, 0.1) is 0 Å². The van der Waals surface area contributed by atoms with Gasteiger partial charge in [-0.05, 0) is 26.3 Å². The van der Waals surface area contributed by atoms with E-state index < -0.39 is 0 Å². The van der Waals surface area contributed by atoms with Crippen LogP contribution < -0.4 is 5.32 Å². The molecular formula is C9H19NO. The number of nitrogens with one attached hydrogen (secondary N) is 1. The lowest BCUT2D eigenvalue weighted by atomic mass is 10.3. The van der Waals surface area contributed by atoms with E-state index in [1.807, 2.05) is 6.92 Å². The minimum atomic E-state index is 0.880. The minimum Gasteiger partial charge on any atom is -0.385 e. The molecule has 0 aliphatic heterocycles. The molecule has 0 radical (unpaired) electrons. The summed E-state index contributed by atoms with van der Waals surface area (Å²) >= 11 is 0. The normalized spacial score (nSPS) is 11.1. The highest BCUT2D eigenvalue weighted by molar-refractivity contribution is 4.78. The highest BCUT2D eigenvalue weighted by Gasteiger charge is 1.85. The van der Waals surface area contributed by atoms with Gasteiger partial charge in [0.15, 0.2) is 0 Å². The van der Waals surface area contributed by atoms with Crippen molar-refractivity contribution in [1.29, 1.82) is 0 Å². The Morgan fingerprint density at radius 3 is 2.82 bits per heavy atom. The van der Waals surface area contributed by atoms with Crippen molar-refractivity contribution in [2.45, 2.75) is 19.8 Å². The summed E-state index contributed by atoms with van der Waals surface area (Å²) in [6, 6.07) is 0. The van der Waals surface area contributed by atoms with Crippen molar-refractivity contribution < 1.29 is 4.74 Å². The molecule has 0 amide bonds. The predicted octanol–water partition coefficient (Wildman–Crippen LogP) is 1.58. The molecule has 66 valence electrons. The van der Waals surface area contributed by atoms with E-state index in [2.05, 4.69) is 17.5 Å². The molecule has 0 saturated heterocycles. The van der Waals surface area contributed by atoms with E-state index in [-0.39, 0.29) is 0 Å². The molecule has 0 unspecified atom stereocenters. The van der Waals surface area contributed by atoms with Crippen LogP contribution in [-0.4, -0.2) is 26.8 Å². The number of hydrogen-bond donors (Lipinski definition) is 1. The van der Waals surface area contributed by atoms with Gasteiger partial charge in [0.2, 0.25) is 0 Å². The molecule has 0 rings (SSSR count). The summed E-state index contributed by atoms with van der Waals surface area (Å²) in [7, 11) is 1.74. The monoisotopic (exact) mass is 157 g/mol. The van der Waals surface area contributed by atoms with Gasteiger partial charge >= 0.3 is 0 Å². The second-order valence-electron chi connectivity index (χ2n) is 2.47. The maximum absolute atomic E-state index is 4.93. The van der Waals surface area contributed by atoms with Crippen LogP contribution in [0.5, 0.6) is 0 Å². The fraction of sp³-hybridized carbons (Fsp3) is 0.778. The summed E-state index contributed by atoms with van der Waals surface area (Å²) in [6.45, 7) is 5.00. The average molecular weight is 157 g/mol. The van der Waals surface area contributed by atoms with Gasteiger partial charge in [-0.15, -0.1) is 0 Å². The van der Waals surface area contributed by atoms with Crippen molar-refractivity contribution in [2.75, 3.05) is 26.8 Å². The Balaban J connectivity index is 2.79. The number of methoxy groups -OCH3 is 1. The van der Waals surface area contributed by atoms with E-state index in [4.69, 9.17) is 4.74 Å². The van der Waals surface area contributed by atoms with Crippen molar-refractivity contribution >= 4 is 0 Å². The van der Waals surface area contributed by atoms with Crippen molar-refractivity contribution in [2.24, 2.45) is 0 Å². The van der Waals surface area contributed by atoms with Crippen LogP contribution >= 0.6 is 0 Å². The molecule has 0 spiro atoms. The smallest absolute Gasteiger partial charge is 0.0462 e. The molecular weight excluding hydrogens is 138 g/mol. The molecule has 0 aromatic rings. The zero-order valence-electron chi connectivity index (χ0n) is 7.60. The Kier molecular flexibility index (Phi) is 9.36. The van der Waals surface area contributed by atoms with Crippen LogP contribution in [0.2, 0.25) is 0 Å². The maximum atomic E-state index is 4.93. The molecule has 0 aromatic carbocycles. The Bertz CT molecular complexity index is 91.6. The van der Waals surface area contributed by atoms with E-state index >= 15 is 0 Å². The van der Waals surface area contributed by atoms with Crippen molar-refractivity contribution in [3.8, 4) is 0 Å². The third-order valence-electron chi connectivity index (χ3n) is 1.45. The second kappa shape index (κ2) is 9.66. The van der Waals surface area contributed by atoms with Crippen LogP contribution in [0, 0.1) is 0 Å². The van der Waals surface area contributed by atoms with Crippen molar-refractivity contribution in [3.63, 3.8) is 0 Å². The van der Waals surface area contributed by atoms with E-state index in [0.29, 0.717) is 0 Å². The van der Waals surface area contributed by atoms with Crippen LogP contribution in [0.1, 0.15) is 19.8 Å².